The number of hydrogen-bond acceptors (Lipinski definition) is 5. The van der Waals surface area contributed by atoms with Crippen molar-refractivity contribution in [2.45, 2.75) is 20.0 Å². The number of nitrogens with one attached hydrogen (secondary N) is 2. The van der Waals surface area contributed by atoms with E-state index in [1.54, 1.807) is 12.1 Å². The van der Waals surface area contributed by atoms with Gasteiger partial charge in [0.05, 0.1) is 12.4 Å². The molecule has 1 atom stereocenters. The zero-order chi connectivity index (χ0) is 19.4. The molecule has 0 saturated heterocycles. The average Bonchev–Trinajstić information content (AvgIpc) is 2.60. The quantitative estimate of drug-likeness (QED) is 0.547. The molecule has 0 saturated carbocycles. The second kappa shape index (κ2) is 8.03. The van der Waals surface area contributed by atoms with E-state index in [4.69, 9.17) is 5.11 Å². The number of anilines is 1. The Morgan fingerprint density at radius 1 is 1.15 bits per heavy atom. The van der Waals surface area contributed by atoms with Crippen LogP contribution in [0.2, 0.25) is 0 Å². The van der Waals surface area contributed by atoms with Crippen LogP contribution in [-0.4, -0.2) is 49.5 Å². The normalized spacial score (nSPS) is 13.4. The van der Waals surface area contributed by atoms with Crippen LogP contribution in [0.15, 0.2) is 42.5 Å². The van der Waals surface area contributed by atoms with E-state index >= 15 is 0 Å². The molecule has 1 amide bonds. The smallest absolute Gasteiger partial charge is 0.249 e. The van der Waals surface area contributed by atoms with Crippen LogP contribution in [0.4, 0.5) is 5.69 Å². The highest BCUT2D eigenvalue weighted by Crippen LogP contribution is 2.20. The van der Waals surface area contributed by atoms with E-state index in [0.717, 1.165) is 10.8 Å². The molecule has 7 nitrogen and oxygen atoms in total. The lowest BCUT2D eigenvalue weighted by molar-refractivity contribution is -0.136. The van der Waals surface area contributed by atoms with Crippen LogP contribution in [0, 0.1) is 5.41 Å². The van der Waals surface area contributed by atoms with Gasteiger partial charge >= 0.3 is 0 Å². The number of aliphatic hydroxyl groups is 2. The van der Waals surface area contributed by atoms with Gasteiger partial charge in [-0.15, -0.1) is 0 Å². The first-order chi connectivity index (χ1) is 12.1. The first-order valence-corrected chi connectivity index (χ1v) is 9.86. The summed E-state index contributed by atoms with van der Waals surface area (Å²) in [5.41, 5.74) is -0.566. The number of fused-ring (bicyclic) bond motifs is 1. The summed E-state index contributed by atoms with van der Waals surface area (Å²) in [5.74, 6) is -1.05. The molecule has 4 N–H and O–H groups in total. The maximum Gasteiger partial charge on any atom is 0.249 e. The first kappa shape index (κ1) is 20.2. The summed E-state index contributed by atoms with van der Waals surface area (Å²) in [6, 6.07) is 12.8. The van der Waals surface area contributed by atoms with Gasteiger partial charge in [-0.1, -0.05) is 44.2 Å². The third-order valence-electron chi connectivity index (χ3n) is 4.09. The van der Waals surface area contributed by atoms with E-state index in [0.29, 0.717) is 5.69 Å². The van der Waals surface area contributed by atoms with Crippen LogP contribution in [0.1, 0.15) is 13.8 Å². The number of rotatable bonds is 8. The minimum absolute atomic E-state index is 0.152. The Hall–Kier alpha value is -2.16. The fourth-order valence-electron chi connectivity index (χ4n) is 2.33. The summed E-state index contributed by atoms with van der Waals surface area (Å²) in [5, 5.41) is 23.3. The molecule has 2 aromatic carbocycles. The lowest BCUT2D eigenvalue weighted by Crippen LogP contribution is -2.46. The van der Waals surface area contributed by atoms with Crippen LogP contribution >= 0.6 is 0 Å². The number of benzene rings is 2. The van der Waals surface area contributed by atoms with E-state index in [9.17, 15) is 18.3 Å². The molecule has 0 aliphatic heterocycles. The van der Waals surface area contributed by atoms with Gasteiger partial charge < -0.3 is 15.5 Å². The second-order valence-electron chi connectivity index (χ2n) is 6.82. The molecule has 0 aliphatic carbocycles. The van der Waals surface area contributed by atoms with Crippen molar-refractivity contribution >= 4 is 32.4 Å². The average molecular weight is 380 g/mol. The Morgan fingerprint density at radius 3 is 2.46 bits per heavy atom. The predicted molar refractivity (Wildman–Crippen MR) is 101 cm³/mol. The van der Waals surface area contributed by atoms with Crippen molar-refractivity contribution in [1.29, 1.82) is 0 Å². The minimum atomic E-state index is -3.66. The van der Waals surface area contributed by atoms with Gasteiger partial charge in [-0.2, -0.15) is 0 Å². The predicted octanol–water partition coefficient (Wildman–Crippen LogP) is 1.08. The van der Waals surface area contributed by atoms with Crippen molar-refractivity contribution in [3.63, 3.8) is 0 Å². The first-order valence-electron chi connectivity index (χ1n) is 8.20. The molecule has 0 heterocycles. The largest absolute Gasteiger partial charge is 0.396 e. The van der Waals surface area contributed by atoms with Gasteiger partial charge in [-0.05, 0) is 22.9 Å². The number of amides is 1. The molecule has 0 aromatic heterocycles. The van der Waals surface area contributed by atoms with Crippen LogP contribution < -0.4 is 10.0 Å². The molecule has 26 heavy (non-hydrogen) atoms. The summed E-state index contributed by atoms with van der Waals surface area (Å²) in [6.45, 7) is 2.55. The topological polar surface area (TPSA) is 116 Å². The lowest BCUT2D eigenvalue weighted by atomic mass is 9.87. The van der Waals surface area contributed by atoms with Crippen LogP contribution in [-0.2, 0) is 14.8 Å². The molecule has 142 valence electrons. The van der Waals surface area contributed by atoms with Crippen molar-refractivity contribution in [3.8, 4) is 0 Å². The fraction of sp³-hybridized carbons (Fsp3) is 0.389. The van der Waals surface area contributed by atoms with Gasteiger partial charge in [0.25, 0.3) is 0 Å². The van der Waals surface area contributed by atoms with Crippen molar-refractivity contribution < 1.29 is 23.4 Å². The minimum Gasteiger partial charge on any atom is -0.396 e. The maximum absolute atomic E-state index is 12.2. The fourth-order valence-corrected chi connectivity index (χ4v) is 3.29. The molecular weight excluding hydrogens is 356 g/mol. The van der Waals surface area contributed by atoms with Gasteiger partial charge in [0, 0.05) is 17.6 Å². The van der Waals surface area contributed by atoms with Crippen molar-refractivity contribution in [3.05, 3.63) is 42.5 Å². The number of aliphatic hydroxyl groups excluding tert-OH is 2. The molecular formula is C18H24N2O5S. The zero-order valence-corrected chi connectivity index (χ0v) is 15.6. The van der Waals surface area contributed by atoms with E-state index < -0.39 is 27.4 Å². The molecule has 0 bridgehead atoms. The highest BCUT2D eigenvalue weighted by molar-refractivity contribution is 7.92. The van der Waals surface area contributed by atoms with Crippen molar-refractivity contribution in [1.82, 2.24) is 5.32 Å². The van der Waals surface area contributed by atoms with Gasteiger partial charge in [-0.25, -0.2) is 8.42 Å². The Morgan fingerprint density at radius 2 is 1.81 bits per heavy atom. The number of hydrogen-bond donors (Lipinski definition) is 4. The highest BCUT2D eigenvalue weighted by atomic mass is 32.2. The molecule has 2 aromatic rings. The third-order valence-corrected chi connectivity index (χ3v) is 5.38. The molecule has 2 rings (SSSR count). The van der Waals surface area contributed by atoms with E-state index in [2.05, 4.69) is 10.0 Å². The molecule has 0 radical (unpaired) electrons. The van der Waals surface area contributed by atoms with E-state index in [1.165, 1.54) is 13.8 Å². The van der Waals surface area contributed by atoms with Crippen LogP contribution in [0.3, 0.4) is 0 Å². The van der Waals surface area contributed by atoms with Crippen molar-refractivity contribution in [2.24, 2.45) is 5.41 Å². The number of sulfonamides is 1. The maximum atomic E-state index is 12.2. The van der Waals surface area contributed by atoms with E-state index in [1.807, 2.05) is 30.3 Å². The van der Waals surface area contributed by atoms with Gasteiger partial charge in [0.2, 0.25) is 15.9 Å². The summed E-state index contributed by atoms with van der Waals surface area (Å²) < 4.78 is 26.8. The summed E-state index contributed by atoms with van der Waals surface area (Å²) >= 11 is 0. The lowest BCUT2D eigenvalue weighted by Gasteiger charge is -2.27. The SMILES string of the molecule is CC(C)(CO)C(O)C(=O)NCCS(=O)(=O)Nc1ccc2ccccc2c1. The number of carbonyl (C=O) groups excluding carboxylic acids is 1. The highest BCUT2D eigenvalue weighted by Gasteiger charge is 2.32. The monoisotopic (exact) mass is 380 g/mol. The molecule has 0 spiro atoms. The van der Waals surface area contributed by atoms with Crippen molar-refractivity contribution in [2.75, 3.05) is 23.6 Å². The summed E-state index contributed by atoms with van der Waals surface area (Å²) in [6.07, 6.45) is -1.43. The van der Waals surface area contributed by atoms with Crippen LogP contribution in [0.25, 0.3) is 10.8 Å². The Bertz CT molecular complexity index is 880. The zero-order valence-electron chi connectivity index (χ0n) is 14.8. The standard InChI is InChI=1S/C18H24N2O5S/c1-18(2,12-21)16(22)17(23)19-9-10-26(24,25)20-15-8-7-13-5-3-4-6-14(13)11-15/h3-8,11,16,20-22H,9-10,12H2,1-2H3,(H,19,23). The molecule has 1 unspecified atom stereocenters. The summed E-state index contributed by atoms with van der Waals surface area (Å²) in [4.78, 5) is 11.9. The molecule has 0 aliphatic rings. The van der Waals surface area contributed by atoms with Gasteiger partial charge in [0.1, 0.15) is 6.10 Å². The molecule has 8 heteroatoms. The van der Waals surface area contributed by atoms with Crippen LogP contribution in [0.5, 0.6) is 0 Å². The van der Waals surface area contributed by atoms with Gasteiger partial charge in [0.15, 0.2) is 0 Å². The Balaban J connectivity index is 1.93. The number of carbonyl (C=O) groups is 1. The third kappa shape index (κ3) is 5.17. The second-order valence-corrected chi connectivity index (χ2v) is 8.66. The Kier molecular flexibility index (Phi) is 6.22. The molecule has 0 fully saturated rings. The van der Waals surface area contributed by atoms with Gasteiger partial charge in [-0.3, -0.25) is 9.52 Å². The van der Waals surface area contributed by atoms with E-state index in [-0.39, 0.29) is 18.9 Å². The Labute approximate surface area is 153 Å². The summed E-state index contributed by atoms with van der Waals surface area (Å²) in [7, 11) is -3.66.